The minimum Gasteiger partial charge on any atom is -0.489 e. The van der Waals surface area contributed by atoms with Crippen LogP contribution in [-0.2, 0) is 13.0 Å². The molecule has 2 aromatic rings. The highest BCUT2D eigenvalue weighted by molar-refractivity contribution is 5.39. The summed E-state index contributed by atoms with van der Waals surface area (Å²) in [6, 6.07) is 15.8. The molecule has 0 saturated heterocycles. The molecule has 0 aliphatic heterocycles. The molecule has 0 radical (unpaired) electrons. The van der Waals surface area contributed by atoms with Gasteiger partial charge in [-0.2, -0.15) is 0 Å². The lowest BCUT2D eigenvalue weighted by molar-refractivity contribution is 0.133. The Hall–Kier alpha value is -1.84. The molecule has 0 heterocycles. The average Bonchev–Trinajstić information content (AvgIpc) is 2.50. The molecule has 2 aromatic carbocycles. The number of hydrogen-bond acceptors (Lipinski definition) is 3. The summed E-state index contributed by atoms with van der Waals surface area (Å²) < 4.78 is 5.79. The molecule has 0 amide bonds. The lowest BCUT2D eigenvalue weighted by Crippen LogP contribution is -2.32. The summed E-state index contributed by atoms with van der Waals surface area (Å²) >= 11 is 0. The lowest BCUT2D eigenvalue weighted by Gasteiger charge is -2.27. The van der Waals surface area contributed by atoms with Crippen LogP contribution in [0, 0.1) is 0 Å². The van der Waals surface area contributed by atoms with E-state index in [9.17, 15) is 5.11 Å². The van der Waals surface area contributed by atoms with Crippen molar-refractivity contribution in [3.05, 3.63) is 65.2 Å². The van der Waals surface area contributed by atoms with E-state index >= 15 is 0 Å². The van der Waals surface area contributed by atoms with Crippen molar-refractivity contribution in [2.75, 3.05) is 0 Å². The Morgan fingerprint density at radius 2 is 1.95 bits per heavy atom. The van der Waals surface area contributed by atoms with Crippen molar-refractivity contribution < 1.29 is 9.84 Å². The minimum absolute atomic E-state index is 0.174. The summed E-state index contributed by atoms with van der Waals surface area (Å²) in [5, 5.41) is 10.2. The van der Waals surface area contributed by atoms with Gasteiger partial charge in [0.05, 0.1) is 6.10 Å². The highest BCUT2D eigenvalue weighted by Crippen LogP contribution is 2.31. The fourth-order valence-electron chi connectivity index (χ4n) is 2.62. The van der Waals surface area contributed by atoms with E-state index in [0.29, 0.717) is 6.61 Å². The monoisotopic (exact) mass is 269 g/mol. The maximum absolute atomic E-state index is 10.2. The topological polar surface area (TPSA) is 55.5 Å². The molecule has 3 N–H and O–H groups in total. The average molecular weight is 269 g/mol. The van der Waals surface area contributed by atoms with Gasteiger partial charge in [-0.1, -0.05) is 36.4 Å². The van der Waals surface area contributed by atoms with Crippen LogP contribution >= 0.6 is 0 Å². The number of aryl methyl sites for hydroxylation is 1. The maximum atomic E-state index is 10.2. The van der Waals surface area contributed by atoms with Gasteiger partial charge in [-0.25, -0.2) is 0 Å². The molecule has 0 spiro atoms. The molecule has 2 atom stereocenters. The van der Waals surface area contributed by atoms with Crippen LogP contribution in [0.15, 0.2) is 48.5 Å². The summed E-state index contributed by atoms with van der Waals surface area (Å²) in [5.74, 6) is 0.778. The SMILES string of the molecule is N[C@H]1CCc2ccc(OCc3ccccc3)cc2[C@@H]1O. The first kappa shape index (κ1) is 13.2. The normalized spacial score (nSPS) is 21.3. The van der Waals surface area contributed by atoms with Crippen LogP contribution in [0.1, 0.15) is 29.2 Å². The van der Waals surface area contributed by atoms with Gasteiger partial charge in [0.15, 0.2) is 0 Å². The first-order valence-electron chi connectivity index (χ1n) is 6.97. The standard InChI is InChI=1S/C17H19NO2/c18-16-9-7-13-6-8-14(10-15(13)17(16)19)20-11-12-4-2-1-3-5-12/h1-6,8,10,16-17,19H,7,9,11,18H2/t16-,17-/m0/s1. The number of hydrogen-bond donors (Lipinski definition) is 2. The molecule has 3 rings (SSSR count). The van der Waals surface area contributed by atoms with Crippen LogP contribution in [0.5, 0.6) is 5.75 Å². The predicted octanol–water partition coefficient (Wildman–Crippen LogP) is 2.57. The van der Waals surface area contributed by atoms with E-state index < -0.39 is 6.10 Å². The first-order chi connectivity index (χ1) is 9.74. The third-order valence-corrected chi connectivity index (χ3v) is 3.84. The van der Waals surface area contributed by atoms with Gasteiger partial charge in [-0.3, -0.25) is 0 Å². The fourth-order valence-corrected chi connectivity index (χ4v) is 2.62. The zero-order valence-corrected chi connectivity index (χ0v) is 11.3. The van der Waals surface area contributed by atoms with Crippen molar-refractivity contribution in [3.63, 3.8) is 0 Å². The van der Waals surface area contributed by atoms with Gasteiger partial charge >= 0.3 is 0 Å². The van der Waals surface area contributed by atoms with Crippen LogP contribution in [-0.4, -0.2) is 11.1 Å². The van der Waals surface area contributed by atoms with E-state index in [1.54, 1.807) is 0 Å². The molecule has 104 valence electrons. The van der Waals surface area contributed by atoms with Gasteiger partial charge in [0.25, 0.3) is 0 Å². The Labute approximate surface area is 119 Å². The van der Waals surface area contributed by atoms with Crippen molar-refractivity contribution in [2.45, 2.75) is 31.6 Å². The number of rotatable bonds is 3. The highest BCUT2D eigenvalue weighted by atomic mass is 16.5. The van der Waals surface area contributed by atoms with E-state index in [0.717, 1.165) is 29.7 Å². The number of nitrogens with two attached hydrogens (primary N) is 1. The second kappa shape index (κ2) is 5.65. The Balaban J connectivity index is 1.75. The highest BCUT2D eigenvalue weighted by Gasteiger charge is 2.25. The molecule has 3 nitrogen and oxygen atoms in total. The van der Waals surface area contributed by atoms with Crippen LogP contribution in [0.2, 0.25) is 0 Å². The second-order valence-electron chi connectivity index (χ2n) is 5.28. The molecule has 0 bridgehead atoms. The van der Waals surface area contributed by atoms with Gasteiger partial charge < -0.3 is 15.6 Å². The summed E-state index contributed by atoms with van der Waals surface area (Å²) in [4.78, 5) is 0. The Bertz CT molecular complexity index is 583. The number of aliphatic hydroxyl groups excluding tert-OH is 1. The van der Waals surface area contributed by atoms with E-state index in [1.165, 1.54) is 5.56 Å². The van der Waals surface area contributed by atoms with Gasteiger partial charge in [0, 0.05) is 6.04 Å². The predicted molar refractivity (Wildman–Crippen MR) is 78.5 cm³/mol. The van der Waals surface area contributed by atoms with Crippen LogP contribution in [0.4, 0.5) is 0 Å². The summed E-state index contributed by atoms with van der Waals surface area (Å²) in [5.41, 5.74) is 9.13. The molecule has 3 heteroatoms. The molecule has 0 saturated carbocycles. The van der Waals surface area contributed by atoms with Gasteiger partial charge in [-0.05, 0) is 41.7 Å². The summed E-state index contributed by atoms with van der Waals surface area (Å²) in [6.07, 6.45) is 1.17. The Kier molecular flexibility index (Phi) is 3.72. The van der Waals surface area contributed by atoms with Gasteiger partial charge in [0.1, 0.15) is 12.4 Å². The van der Waals surface area contributed by atoms with Crippen molar-refractivity contribution in [1.29, 1.82) is 0 Å². The zero-order valence-electron chi connectivity index (χ0n) is 11.3. The van der Waals surface area contributed by atoms with Crippen molar-refractivity contribution >= 4 is 0 Å². The smallest absolute Gasteiger partial charge is 0.120 e. The van der Waals surface area contributed by atoms with E-state index in [4.69, 9.17) is 10.5 Å². The zero-order chi connectivity index (χ0) is 13.9. The third kappa shape index (κ3) is 2.69. The molecule has 0 fully saturated rings. The fraction of sp³-hybridized carbons (Fsp3) is 0.294. The molecule has 0 unspecified atom stereocenters. The largest absolute Gasteiger partial charge is 0.489 e. The van der Waals surface area contributed by atoms with E-state index in [2.05, 4.69) is 0 Å². The summed E-state index contributed by atoms with van der Waals surface area (Å²) in [6.45, 7) is 0.530. The lowest BCUT2D eigenvalue weighted by atomic mass is 9.86. The van der Waals surface area contributed by atoms with Crippen LogP contribution in [0.25, 0.3) is 0 Å². The van der Waals surface area contributed by atoms with Gasteiger partial charge in [0.2, 0.25) is 0 Å². The first-order valence-corrected chi connectivity index (χ1v) is 6.97. The second-order valence-corrected chi connectivity index (χ2v) is 5.28. The van der Waals surface area contributed by atoms with Gasteiger partial charge in [-0.15, -0.1) is 0 Å². The number of benzene rings is 2. The molecule has 20 heavy (non-hydrogen) atoms. The molecule has 1 aliphatic carbocycles. The Morgan fingerprint density at radius 1 is 1.15 bits per heavy atom. The van der Waals surface area contributed by atoms with Crippen molar-refractivity contribution in [1.82, 2.24) is 0 Å². The molecular formula is C17H19NO2. The number of fused-ring (bicyclic) bond motifs is 1. The van der Waals surface area contributed by atoms with Crippen molar-refractivity contribution in [3.8, 4) is 5.75 Å². The Morgan fingerprint density at radius 3 is 2.75 bits per heavy atom. The van der Waals surface area contributed by atoms with Crippen LogP contribution in [0.3, 0.4) is 0 Å². The summed E-state index contributed by atoms with van der Waals surface area (Å²) in [7, 11) is 0. The maximum Gasteiger partial charge on any atom is 0.120 e. The number of ether oxygens (including phenoxy) is 1. The van der Waals surface area contributed by atoms with Crippen LogP contribution < -0.4 is 10.5 Å². The molecule has 1 aliphatic rings. The molecular weight excluding hydrogens is 250 g/mol. The molecule has 0 aromatic heterocycles. The minimum atomic E-state index is -0.584. The quantitative estimate of drug-likeness (QED) is 0.900. The van der Waals surface area contributed by atoms with E-state index in [1.807, 2.05) is 48.5 Å². The van der Waals surface area contributed by atoms with Crippen molar-refractivity contribution in [2.24, 2.45) is 5.73 Å². The number of aliphatic hydroxyl groups is 1. The van der Waals surface area contributed by atoms with E-state index in [-0.39, 0.29) is 6.04 Å². The third-order valence-electron chi connectivity index (χ3n) is 3.84.